The summed E-state index contributed by atoms with van der Waals surface area (Å²) in [5.74, 6) is 1.61. The van der Waals surface area contributed by atoms with Gasteiger partial charge in [-0.05, 0) is 18.4 Å². The molecule has 24 heavy (non-hydrogen) atoms. The minimum atomic E-state index is 0.0914. The Kier molecular flexibility index (Phi) is 8.01. The zero-order chi connectivity index (χ0) is 17.0. The number of aryl methyl sites for hydroxylation is 2. The van der Waals surface area contributed by atoms with Crippen molar-refractivity contribution in [3.8, 4) is 0 Å². The fourth-order valence-corrected chi connectivity index (χ4v) is 2.59. The SMILES string of the molecule is CCCCCCCC(=O)NCc1nc(CCc2ccccc2)n[nH]1. The van der Waals surface area contributed by atoms with Gasteiger partial charge in [-0.15, -0.1) is 0 Å². The molecule has 2 aromatic rings. The molecular weight excluding hydrogens is 300 g/mol. The van der Waals surface area contributed by atoms with E-state index in [-0.39, 0.29) is 5.91 Å². The second kappa shape index (κ2) is 10.6. The molecule has 0 aliphatic heterocycles. The minimum absolute atomic E-state index is 0.0914. The first-order chi connectivity index (χ1) is 11.8. The highest BCUT2D eigenvalue weighted by Crippen LogP contribution is 2.06. The average molecular weight is 328 g/mol. The van der Waals surface area contributed by atoms with Crippen LogP contribution >= 0.6 is 0 Å². The smallest absolute Gasteiger partial charge is 0.220 e. The standard InChI is InChI=1S/C19H28N4O/c1-2-3-4-5-9-12-19(24)20-15-18-21-17(22-23-18)14-13-16-10-7-6-8-11-16/h6-8,10-11H,2-5,9,12-15H2,1H3,(H,20,24)(H,21,22,23). The number of hydrogen-bond acceptors (Lipinski definition) is 3. The highest BCUT2D eigenvalue weighted by atomic mass is 16.1. The molecule has 0 aliphatic rings. The molecule has 1 aromatic carbocycles. The summed E-state index contributed by atoms with van der Waals surface area (Å²) in [5.41, 5.74) is 1.28. The van der Waals surface area contributed by atoms with Gasteiger partial charge in [0.15, 0.2) is 5.82 Å². The van der Waals surface area contributed by atoms with Gasteiger partial charge in [-0.2, -0.15) is 5.10 Å². The number of rotatable bonds is 11. The van der Waals surface area contributed by atoms with Crippen molar-refractivity contribution in [1.29, 1.82) is 0 Å². The molecule has 2 N–H and O–H groups in total. The quantitative estimate of drug-likeness (QED) is 0.620. The Morgan fingerprint density at radius 1 is 1.08 bits per heavy atom. The van der Waals surface area contributed by atoms with Crippen LogP contribution < -0.4 is 5.32 Å². The summed E-state index contributed by atoms with van der Waals surface area (Å²) >= 11 is 0. The third-order valence-corrected chi connectivity index (χ3v) is 4.02. The van der Waals surface area contributed by atoms with Crippen LogP contribution in [0.1, 0.15) is 62.7 Å². The lowest BCUT2D eigenvalue weighted by Crippen LogP contribution is -2.23. The van der Waals surface area contributed by atoms with E-state index in [1.807, 2.05) is 18.2 Å². The van der Waals surface area contributed by atoms with E-state index in [2.05, 4.69) is 39.6 Å². The first-order valence-electron chi connectivity index (χ1n) is 8.98. The maximum atomic E-state index is 11.8. The molecular formula is C19H28N4O. The highest BCUT2D eigenvalue weighted by molar-refractivity contribution is 5.75. The molecule has 2 rings (SSSR count). The number of hydrogen-bond donors (Lipinski definition) is 2. The third kappa shape index (κ3) is 6.94. The second-order valence-corrected chi connectivity index (χ2v) is 6.12. The van der Waals surface area contributed by atoms with Gasteiger partial charge in [0.2, 0.25) is 5.91 Å². The fourth-order valence-electron chi connectivity index (χ4n) is 2.59. The summed E-state index contributed by atoms with van der Waals surface area (Å²) in [6.45, 7) is 2.62. The molecule has 0 atom stereocenters. The number of H-pyrrole nitrogens is 1. The number of amides is 1. The Balaban J connectivity index is 1.63. The molecule has 5 nitrogen and oxygen atoms in total. The lowest BCUT2D eigenvalue weighted by Gasteiger charge is -2.03. The van der Waals surface area contributed by atoms with Crippen LogP contribution in [0.25, 0.3) is 0 Å². The van der Waals surface area contributed by atoms with Crippen molar-refractivity contribution in [3.05, 3.63) is 47.5 Å². The van der Waals surface area contributed by atoms with E-state index in [0.29, 0.717) is 13.0 Å². The molecule has 1 aromatic heterocycles. The topological polar surface area (TPSA) is 70.7 Å². The van der Waals surface area contributed by atoms with Gasteiger partial charge in [-0.25, -0.2) is 4.98 Å². The number of benzene rings is 1. The van der Waals surface area contributed by atoms with Crippen molar-refractivity contribution in [3.63, 3.8) is 0 Å². The van der Waals surface area contributed by atoms with Crippen molar-refractivity contribution in [1.82, 2.24) is 20.5 Å². The van der Waals surface area contributed by atoms with Gasteiger partial charge in [0.25, 0.3) is 0 Å². The maximum absolute atomic E-state index is 11.8. The van der Waals surface area contributed by atoms with Gasteiger partial charge in [0.1, 0.15) is 5.82 Å². The molecule has 0 radical (unpaired) electrons. The Labute approximate surface area is 144 Å². The summed E-state index contributed by atoms with van der Waals surface area (Å²) in [4.78, 5) is 16.2. The number of aromatic nitrogens is 3. The summed E-state index contributed by atoms with van der Waals surface area (Å²) in [6, 6.07) is 10.3. The number of unbranched alkanes of at least 4 members (excludes halogenated alkanes) is 4. The zero-order valence-corrected chi connectivity index (χ0v) is 14.6. The second-order valence-electron chi connectivity index (χ2n) is 6.12. The van der Waals surface area contributed by atoms with E-state index in [9.17, 15) is 4.79 Å². The van der Waals surface area contributed by atoms with E-state index in [4.69, 9.17) is 0 Å². The number of nitrogens with one attached hydrogen (secondary N) is 2. The maximum Gasteiger partial charge on any atom is 0.220 e. The van der Waals surface area contributed by atoms with Gasteiger partial charge >= 0.3 is 0 Å². The van der Waals surface area contributed by atoms with Crippen LogP contribution in [0.2, 0.25) is 0 Å². The largest absolute Gasteiger partial charge is 0.349 e. The Morgan fingerprint density at radius 2 is 1.88 bits per heavy atom. The first-order valence-corrected chi connectivity index (χ1v) is 8.98. The monoisotopic (exact) mass is 328 g/mol. The zero-order valence-electron chi connectivity index (χ0n) is 14.6. The van der Waals surface area contributed by atoms with Crippen molar-refractivity contribution in [2.45, 2.75) is 64.8 Å². The molecule has 0 bridgehead atoms. The minimum Gasteiger partial charge on any atom is -0.349 e. The predicted octanol–water partition coefficient (Wildman–Crippen LogP) is 3.57. The predicted molar refractivity (Wildman–Crippen MR) is 95.5 cm³/mol. The van der Waals surface area contributed by atoms with Crippen LogP contribution in [0.15, 0.2) is 30.3 Å². The van der Waals surface area contributed by atoms with E-state index >= 15 is 0 Å². The van der Waals surface area contributed by atoms with Crippen LogP contribution in [0.5, 0.6) is 0 Å². The normalized spacial score (nSPS) is 10.7. The van der Waals surface area contributed by atoms with Gasteiger partial charge in [0, 0.05) is 12.8 Å². The van der Waals surface area contributed by atoms with Crippen molar-refractivity contribution in [2.24, 2.45) is 0 Å². The lowest BCUT2D eigenvalue weighted by molar-refractivity contribution is -0.121. The first kappa shape index (κ1) is 18.2. The Morgan fingerprint density at radius 3 is 2.67 bits per heavy atom. The molecule has 5 heteroatoms. The van der Waals surface area contributed by atoms with Gasteiger partial charge in [0.05, 0.1) is 6.54 Å². The van der Waals surface area contributed by atoms with Gasteiger partial charge in [-0.1, -0.05) is 62.9 Å². The van der Waals surface area contributed by atoms with Crippen LogP contribution in [0.4, 0.5) is 0 Å². The average Bonchev–Trinajstić information content (AvgIpc) is 3.07. The Hall–Kier alpha value is -2.17. The highest BCUT2D eigenvalue weighted by Gasteiger charge is 2.06. The molecule has 0 unspecified atom stereocenters. The summed E-state index contributed by atoms with van der Waals surface area (Å²) in [6.07, 6.45) is 8.11. The van der Waals surface area contributed by atoms with Crippen molar-refractivity contribution < 1.29 is 4.79 Å². The summed E-state index contributed by atoms with van der Waals surface area (Å²) in [7, 11) is 0. The molecule has 1 amide bonds. The van der Waals surface area contributed by atoms with E-state index < -0.39 is 0 Å². The number of nitrogens with zero attached hydrogens (tertiary/aromatic N) is 2. The number of aromatic amines is 1. The van der Waals surface area contributed by atoms with Crippen LogP contribution in [0.3, 0.4) is 0 Å². The van der Waals surface area contributed by atoms with Gasteiger partial charge in [-0.3, -0.25) is 9.89 Å². The van der Waals surface area contributed by atoms with E-state index in [1.54, 1.807) is 0 Å². The third-order valence-electron chi connectivity index (χ3n) is 4.02. The van der Waals surface area contributed by atoms with Crippen molar-refractivity contribution >= 4 is 5.91 Å². The Bertz CT molecular complexity index is 594. The van der Waals surface area contributed by atoms with Crippen LogP contribution in [-0.2, 0) is 24.2 Å². The van der Waals surface area contributed by atoms with E-state index in [0.717, 1.165) is 37.3 Å². The van der Waals surface area contributed by atoms with Crippen molar-refractivity contribution in [2.75, 3.05) is 0 Å². The number of carbonyl (C=O) groups is 1. The molecule has 130 valence electrons. The molecule has 0 aliphatic carbocycles. The molecule has 0 saturated heterocycles. The lowest BCUT2D eigenvalue weighted by atomic mass is 10.1. The van der Waals surface area contributed by atoms with Crippen LogP contribution in [0, 0.1) is 0 Å². The van der Waals surface area contributed by atoms with E-state index in [1.165, 1.54) is 24.8 Å². The van der Waals surface area contributed by atoms with Gasteiger partial charge < -0.3 is 5.32 Å². The molecule has 1 heterocycles. The molecule has 0 spiro atoms. The van der Waals surface area contributed by atoms with Crippen LogP contribution in [-0.4, -0.2) is 21.1 Å². The molecule has 0 saturated carbocycles. The summed E-state index contributed by atoms with van der Waals surface area (Å²) in [5, 5.41) is 10.0. The fraction of sp³-hybridized carbons (Fsp3) is 0.526. The summed E-state index contributed by atoms with van der Waals surface area (Å²) < 4.78 is 0. The molecule has 0 fully saturated rings. The number of carbonyl (C=O) groups excluding carboxylic acids is 1.